The number of hydrogen-bond donors (Lipinski definition) is 0. The molecule has 2 aromatic heterocycles. The fourth-order valence-electron chi connectivity index (χ4n) is 2.47. The molecule has 0 spiro atoms. The van der Waals surface area contributed by atoms with Gasteiger partial charge in [0.05, 0.1) is 6.20 Å². The monoisotopic (exact) mass is 317 g/mol. The van der Waals surface area contributed by atoms with Crippen molar-refractivity contribution in [3.8, 4) is 22.7 Å². The predicted octanol–water partition coefficient (Wildman–Crippen LogP) is 3.35. The summed E-state index contributed by atoms with van der Waals surface area (Å²) in [5.74, 6) is 1.01. The highest BCUT2D eigenvalue weighted by Crippen LogP contribution is 2.20. The van der Waals surface area contributed by atoms with Crippen LogP contribution in [0.2, 0.25) is 0 Å². The molecule has 118 valence electrons. The van der Waals surface area contributed by atoms with Gasteiger partial charge in [-0.05, 0) is 19.1 Å². The molecule has 24 heavy (non-hydrogen) atoms. The summed E-state index contributed by atoms with van der Waals surface area (Å²) in [6, 6.07) is 17.9. The number of nitrogens with zero attached hydrogens (tertiary/aromatic N) is 5. The number of rotatable bonds is 4. The zero-order valence-electron chi connectivity index (χ0n) is 13.1. The van der Waals surface area contributed by atoms with E-state index >= 15 is 0 Å². The number of benzene rings is 2. The minimum absolute atomic E-state index is 0.388. The van der Waals surface area contributed by atoms with E-state index in [0.717, 1.165) is 22.4 Å². The first-order valence-electron chi connectivity index (χ1n) is 7.63. The van der Waals surface area contributed by atoms with E-state index in [1.54, 1.807) is 4.68 Å². The summed E-state index contributed by atoms with van der Waals surface area (Å²) in [6.07, 6.45) is 1.87. The Morgan fingerprint density at radius 2 is 1.75 bits per heavy atom. The second-order valence-electron chi connectivity index (χ2n) is 5.54. The number of hydrogen-bond acceptors (Lipinski definition) is 5. The molecule has 0 N–H and O–H groups in total. The van der Waals surface area contributed by atoms with Crippen LogP contribution in [0.5, 0.6) is 0 Å². The second kappa shape index (κ2) is 6.08. The maximum atomic E-state index is 5.73. The van der Waals surface area contributed by atoms with Gasteiger partial charge in [-0.25, -0.2) is 4.68 Å². The van der Waals surface area contributed by atoms with Crippen molar-refractivity contribution in [1.29, 1.82) is 0 Å². The largest absolute Gasteiger partial charge is 0.419 e. The van der Waals surface area contributed by atoms with Crippen molar-refractivity contribution in [3.63, 3.8) is 0 Å². The molecule has 6 nitrogen and oxygen atoms in total. The van der Waals surface area contributed by atoms with Gasteiger partial charge in [-0.1, -0.05) is 53.2 Å². The normalized spacial score (nSPS) is 10.9. The zero-order valence-corrected chi connectivity index (χ0v) is 13.1. The Morgan fingerprint density at radius 1 is 0.917 bits per heavy atom. The third-order valence-corrected chi connectivity index (χ3v) is 3.64. The molecule has 0 unspecified atom stereocenters. The highest BCUT2D eigenvalue weighted by Gasteiger charge is 2.11. The van der Waals surface area contributed by atoms with Crippen LogP contribution >= 0.6 is 0 Å². The van der Waals surface area contributed by atoms with Gasteiger partial charge >= 0.3 is 0 Å². The van der Waals surface area contributed by atoms with Crippen LogP contribution in [0.4, 0.5) is 0 Å². The van der Waals surface area contributed by atoms with E-state index < -0.39 is 0 Å². The molecule has 0 aliphatic rings. The van der Waals surface area contributed by atoms with Crippen LogP contribution in [0, 0.1) is 6.92 Å². The number of aryl methyl sites for hydroxylation is 1. The quantitative estimate of drug-likeness (QED) is 0.577. The van der Waals surface area contributed by atoms with Crippen molar-refractivity contribution in [3.05, 3.63) is 72.2 Å². The van der Waals surface area contributed by atoms with Crippen molar-refractivity contribution >= 4 is 0 Å². The maximum absolute atomic E-state index is 5.73. The van der Waals surface area contributed by atoms with Gasteiger partial charge in [0.2, 0.25) is 11.8 Å². The van der Waals surface area contributed by atoms with Gasteiger partial charge < -0.3 is 4.42 Å². The molecule has 0 aliphatic heterocycles. The van der Waals surface area contributed by atoms with Gasteiger partial charge in [-0.15, -0.1) is 15.3 Å². The summed E-state index contributed by atoms with van der Waals surface area (Å²) in [5, 5.41) is 16.5. The van der Waals surface area contributed by atoms with Crippen LogP contribution in [-0.4, -0.2) is 25.2 Å². The summed E-state index contributed by atoms with van der Waals surface area (Å²) in [6.45, 7) is 2.42. The van der Waals surface area contributed by atoms with Crippen LogP contribution < -0.4 is 0 Å². The first kappa shape index (κ1) is 14.3. The van der Waals surface area contributed by atoms with Crippen LogP contribution in [-0.2, 0) is 6.54 Å². The molecule has 0 fully saturated rings. The molecule has 2 aromatic carbocycles. The lowest BCUT2D eigenvalue weighted by atomic mass is 10.1. The lowest BCUT2D eigenvalue weighted by Crippen LogP contribution is -2.00. The van der Waals surface area contributed by atoms with E-state index in [2.05, 4.69) is 20.5 Å². The predicted molar refractivity (Wildman–Crippen MR) is 89.0 cm³/mol. The van der Waals surface area contributed by atoms with Crippen LogP contribution in [0.25, 0.3) is 22.7 Å². The van der Waals surface area contributed by atoms with E-state index in [4.69, 9.17) is 4.42 Å². The van der Waals surface area contributed by atoms with Gasteiger partial charge in [-0.3, -0.25) is 0 Å². The first-order valence-corrected chi connectivity index (χ1v) is 7.63. The Bertz CT molecular complexity index is 958. The molecule has 4 rings (SSSR count). The summed E-state index contributed by atoms with van der Waals surface area (Å²) in [7, 11) is 0. The smallest absolute Gasteiger partial charge is 0.247 e. The standard InChI is InChI=1S/C18H15N5O/c1-13-6-5-9-15(10-13)18-21-20-17(24-18)12-23-11-16(19-22-23)14-7-3-2-4-8-14/h2-11H,12H2,1H3. The van der Waals surface area contributed by atoms with Crippen LogP contribution in [0.1, 0.15) is 11.5 Å². The van der Waals surface area contributed by atoms with Gasteiger partial charge in [0.15, 0.2) is 0 Å². The summed E-state index contributed by atoms with van der Waals surface area (Å²) < 4.78 is 7.42. The minimum atomic E-state index is 0.388. The third kappa shape index (κ3) is 2.94. The molecule has 0 atom stereocenters. The third-order valence-electron chi connectivity index (χ3n) is 3.64. The Labute approximate surface area is 138 Å². The van der Waals surface area contributed by atoms with Crippen molar-refractivity contribution < 1.29 is 4.42 Å². The average molecular weight is 317 g/mol. The molecule has 0 saturated heterocycles. The van der Waals surface area contributed by atoms with Crippen LogP contribution in [0.15, 0.2) is 65.2 Å². The lowest BCUT2D eigenvalue weighted by molar-refractivity contribution is 0.469. The maximum Gasteiger partial charge on any atom is 0.247 e. The highest BCUT2D eigenvalue weighted by atomic mass is 16.4. The molecule has 0 saturated carbocycles. The molecular weight excluding hydrogens is 302 g/mol. The van der Waals surface area contributed by atoms with Gasteiger partial charge in [0.25, 0.3) is 0 Å². The van der Waals surface area contributed by atoms with Crippen molar-refractivity contribution in [2.24, 2.45) is 0 Å². The van der Waals surface area contributed by atoms with Crippen molar-refractivity contribution in [1.82, 2.24) is 25.2 Å². The molecule has 0 radical (unpaired) electrons. The molecule has 0 amide bonds. The summed E-state index contributed by atoms with van der Waals surface area (Å²) >= 11 is 0. The van der Waals surface area contributed by atoms with Crippen LogP contribution in [0.3, 0.4) is 0 Å². The van der Waals surface area contributed by atoms with E-state index in [1.165, 1.54) is 0 Å². The Kier molecular flexibility index (Phi) is 3.63. The fourth-order valence-corrected chi connectivity index (χ4v) is 2.47. The topological polar surface area (TPSA) is 69.6 Å². The van der Waals surface area contributed by atoms with Gasteiger partial charge in [-0.2, -0.15) is 0 Å². The molecular formula is C18H15N5O. The van der Waals surface area contributed by atoms with Crippen molar-refractivity contribution in [2.75, 3.05) is 0 Å². The van der Waals surface area contributed by atoms with E-state index in [1.807, 2.05) is 67.7 Å². The average Bonchev–Trinajstić information content (AvgIpc) is 3.26. The summed E-state index contributed by atoms with van der Waals surface area (Å²) in [4.78, 5) is 0. The SMILES string of the molecule is Cc1cccc(-c2nnc(Cn3cc(-c4ccccc4)nn3)o2)c1. The summed E-state index contributed by atoms with van der Waals surface area (Å²) in [5.41, 5.74) is 3.90. The Hall–Kier alpha value is -3.28. The molecule has 2 heterocycles. The van der Waals surface area contributed by atoms with E-state index in [9.17, 15) is 0 Å². The van der Waals surface area contributed by atoms with E-state index in [-0.39, 0.29) is 0 Å². The molecule has 0 bridgehead atoms. The lowest BCUT2D eigenvalue weighted by Gasteiger charge is -1.96. The van der Waals surface area contributed by atoms with Gasteiger partial charge in [0.1, 0.15) is 12.2 Å². The number of aromatic nitrogens is 5. The molecule has 6 heteroatoms. The highest BCUT2D eigenvalue weighted by molar-refractivity contribution is 5.57. The van der Waals surface area contributed by atoms with E-state index in [0.29, 0.717) is 18.3 Å². The Morgan fingerprint density at radius 3 is 2.58 bits per heavy atom. The minimum Gasteiger partial charge on any atom is -0.419 e. The van der Waals surface area contributed by atoms with Crippen molar-refractivity contribution in [2.45, 2.75) is 13.5 Å². The second-order valence-corrected chi connectivity index (χ2v) is 5.54. The molecule has 0 aliphatic carbocycles. The zero-order chi connectivity index (χ0) is 16.4. The molecule has 4 aromatic rings. The Balaban J connectivity index is 1.54. The first-order chi connectivity index (χ1) is 11.8. The fraction of sp³-hybridized carbons (Fsp3) is 0.111. The van der Waals surface area contributed by atoms with Gasteiger partial charge in [0, 0.05) is 11.1 Å².